The van der Waals surface area contributed by atoms with E-state index in [0.29, 0.717) is 0 Å². The molecule has 0 radical (unpaired) electrons. The van der Waals surface area contributed by atoms with Crippen LogP contribution in [0, 0.1) is 0 Å². The van der Waals surface area contributed by atoms with Crippen LogP contribution in [0.1, 0.15) is 12.6 Å². The third kappa shape index (κ3) is 2.58. The number of aryl methyl sites for hydroxylation is 1. The second kappa shape index (κ2) is 4.92. The van der Waals surface area contributed by atoms with Crippen molar-refractivity contribution < 1.29 is 58.2 Å². The van der Waals surface area contributed by atoms with Crippen LogP contribution in [0.4, 0.5) is 0 Å². The van der Waals surface area contributed by atoms with Gasteiger partial charge in [0.2, 0.25) is 0 Å². The number of nitrogens with zero attached hydrogens (tertiary/aromatic N) is 1. The van der Waals surface area contributed by atoms with Crippen molar-refractivity contribution in [1.82, 2.24) is 4.98 Å². The number of hydrogen-bond acceptors (Lipinski definition) is 0. The van der Waals surface area contributed by atoms with E-state index in [1.165, 1.54) is 5.69 Å². The molecule has 0 atom stereocenters. The van der Waals surface area contributed by atoms with Gasteiger partial charge in [0.25, 0.3) is 0 Å². The topological polar surface area (TPSA) is 14.1 Å². The first-order valence-electron chi connectivity index (χ1n) is 2.50. The average Bonchev–Trinajstić information content (AvgIpc) is 2.14. The van der Waals surface area contributed by atoms with Crippen LogP contribution in [0.3, 0.4) is 0 Å². The van der Waals surface area contributed by atoms with Gasteiger partial charge in [-0.1, -0.05) is 25.5 Å². The molecular weight excluding hydrogens is 172 g/mol. The van der Waals surface area contributed by atoms with Crippen molar-refractivity contribution in [2.24, 2.45) is 0 Å². The van der Waals surface area contributed by atoms with Gasteiger partial charge in [0.05, 0.1) is 0 Å². The van der Waals surface area contributed by atoms with Crippen molar-refractivity contribution in [2.75, 3.05) is 0 Å². The Balaban J connectivity index is 0.000000490. The smallest absolute Gasteiger partial charge is 0.668 e. The second-order valence-corrected chi connectivity index (χ2v) is 1.48. The molecule has 0 aliphatic rings. The SMILES string of the molecule is CCc1ccc[n-]1.[Rb+]. The van der Waals surface area contributed by atoms with Gasteiger partial charge in [-0.15, -0.1) is 0 Å². The standard InChI is InChI=1S/C6H8N.Rb/c1-2-6-4-3-5-7-6;/h3-5H,2H2,1H3;/q-1;+1. The fourth-order valence-electron chi connectivity index (χ4n) is 0.545. The monoisotopic (exact) mass is 179 g/mol. The van der Waals surface area contributed by atoms with Crippen LogP contribution < -0.4 is 63.2 Å². The van der Waals surface area contributed by atoms with E-state index >= 15 is 0 Å². The minimum atomic E-state index is 0. The maximum absolute atomic E-state index is 4.03. The number of rotatable bonds is 1. The molecule has 2 heteroatoms. The first-order valence-corrected chi connectivity index (χ1v) is 2.50. The predicted molar refractivity (Wildman–Crippen MR) is 29.1 cm³/mol. The van der Waals surface area contributed by atoms with Crippen LogP contribution in [0.5, 0.6) is 0 Å². The molecule has 1 rings (SSSR count). The molecule has 0 saturated carbocycles. The molecule has 38 valence electrons. The Bertz CT molecular complexity index is 123. The van der Waals surface area contributed by atoms with Crippen molar-refractivity contribution >= 4 is 0 Å². The molecule has 1 aromatic rings. The van der Waals surface area contributed by atoms with E-state index in [-0.39, 0.29) is 58.2 Å². The van der Waals surface area contributed by atoms with Gasteiger partial charge in [0.1, 0.15) is 0 Å². The zero-order valence-corrected chi connectivity index (χ0v) is 10.3. The van der Waals surface area contributed by atoms with Crippen molar-refractivity contribution in [2.45, 2.75) is 13.3 Å². The maximum Gasteiger partial charge on any atom is 1.00 e. The van der Waals surface area contributed by atoms with Crippen molar-refractivity contribution in [3.8, 4) is 0 Å². The Kier molecular flexibility index (Phi) is 5.58. The van der Waals surface area contributed by atoms with Gasteiger partial charge < -0.3 is 4.98 Å². The van der Waals surface area contributed by atoms with E-state index < -0.39 is 0 Å². The van der Waals surface area contributed by atoms with E-state index in [1.807, 2.05) is 18.3 Å². The van der Waals surface area contributed by atoms with Gasteiger partial charge >= 0.3 is 58.2 Å². The fraction of sp³-hybridized carbons (Fsp3) is 0.333. The van der Waals surface area contributed by atoms with Crippen LogP contribution >= 0.6 is 0 Å². The normalized spacial score (nSPS) is 8.12. The Morgan fingerprint density at radius 2 is 2.38 bits per heavy atom. The van der Waals surface area contributed by atoms with Crippen molar-refractivity contribution in [3.05, 3.63) is 24.0 Å². The maximum atomic E-state index is 4.03. The molecule has 0 aliphatic carbocycles. The van der Waals surface area contributed by atoms with Crippen molar-refractivity contribution in [1.29, 1.82) is 0 Å². The van der Waals surface area contributed by atoms with Crippen LogP contribution in [-0.2, 0) is 6.42 Å². The quantitative estimate of drug-likeness (QED) is 0.497. The van der Waals surface area contributed by atoms with Gasteiger partial charge in [0.15, 0.2) is 0 Å². The van der Waals surface area contributed by atoms with Gasteiger partial charge in [0, 0.05) is 0 Å². The van der Waals surface area contributed by atoms with Gasteiger partial charge in [-0.2, -0.15) is 11.9 Å². The van der Waals surface area contributed by atoms with E-state index in [4.69, 9.17) is 0 Å². The largest absolute Gasteiger partial charge is 1.00 e. The Labute approximate surface area is 98.7 Å². The summed E-state index contributed by atoms with van der Waals surface area (Å²) < 4.78 is 0. The number of hydrogen-bond donors (Lipinski definition) is 0. The van der Waals surface area contributed by atoms with Crippen LogP contribution in [0.15, 0.2) is 18.3 Å². The first kappa shape index (κ1) is 9.09. The zero-order chi connectivity index (χ0) is 5.11. The molecule has 8 heavy (non-hydrogen) atoms. The average molecular weight is 180 g/mol. The predicted octanol–water partition coefficient (Wildman–Crippen LogP) is -1.79. The van der Waals surface area contributed by atoms with E-state index in [9.17, 15) is 0 Å². The second-order valence-electron chi connectivity index (χ2n) is 1.48. The summed E-state index contributed by atoms with van der Waals surface area (Å²) in [6, 6.07) is 3.98. The molecule has 0 aromatic carbocycles. The summed E-state index contributed by atoms with van der Waals surface area (Å²) in [6.45, 7) is 2.10. The molecule has 0 amide bonds. The summed E-state index contributed by atoms with van der Waals surface area (Å²) in [7, 11) is 0. The summed E-state index contributed by atoms with van der Waals surface area (Å²) in [5.41, 5.74) is 1.18. The molecule has 0 bridgehead atoms. The summed E-state index contributed by atoms with van der Waals surface area (Å²) in [5.74, 6) is 0. The minimum Gasteiger partial charge on any atom is -0.668 e. The summed E-state index contributed by atoms with van der Waals surface area (Å²) in [6.07, 6.45) is 2.87. The van der Waals surface area contributed by atoms with Gasteiger partial charge in [-0.3, -0.25) is 0 Å². The van der Waals surface area contributed by atoms with Crippen molar-refractivity contribution in [3.63, 3.8) is 0 Å². The Morgan fingerprint density at radius 1 is 1.62 bits per heavy atom. The molecule has 0 aliphatic heterocycles. The van der Waals surface area contributed by atoms with Crippen LogP contribution in [-0.4, -0.2) is 0 Å². The molecular formula is C6H8NRb. The number of aromatic nitrogens is 1. The van der Waals surface area contributed by atoms with E-state index in [0.717, 1.165) is 6.42 Å². The molecule has 0 unspecified atom stereocenters. The van der Waals surface area contributed by atoms with Gasteiger partial charge in [-0.25, -0.2) is 0 Å². The molecule has 1 nitrogen and oxygen atoms in total. The Morgan fingerprint density at radius 3 is 2.62 bits per heavy atom. The van der Waals surface area contributed by atoms with Crippen LogP contribution in [0.25, 0.3) is 0 Å². The van der Waals surface area contributed by atoms with Gasteiger partial charge in [-0.05, 0) is 0 Å². The molecule has 0 spiro atoms. The fourth-order valence-corrected chi connectivity index (χ4v) is 0.545. The first-order chi connectivity index (χ1) is 3.43. The zero-order valence-electron chi connectivity index (χ0n) is 5.39. The van der Waals surface area contributed by atoms with E-state index in [1.54, 1.807) is 0 Å². The molecule has 1 heterocycles. The molecule has 0 N–H and O–H groups in total. The minimum absolute atomic E-state index is 0. The summed E-state index contributed by atoms with van der Waals surface area (Å²) >= 11 is 0. The molecule has 1 aromatic heterocycles. The third-order valence-corrected chi connectivity index (χ3v) is 0.977. The molecule has 0 fully saturated rings. The van der Waals surface area contributed by atoms with E-state index in [2.05, 4.69) is 11.9 Å². The summed E-state index contributed by atoms with van der Waals surface area (Å²) in [5, 5.41) is 0. The summed E-state index contributed by atoms with van der Waals surface area (Å²) in [4.78, 5) is 4.03. The van der Waals surface area contributed by atoms with Crippen LogP contribution in [0.2, 0.25) is 0 Å². The molecule has 0 saturated heterocycles. The Hall–Kier alpha value is 1.09. The third-order valence-electron chi connectivity index (χ3n) is 0.977.